The molecule has 3 aromatic carbocycles. The monoisotopic (exact) mass is 401 g/mol. The molecular weight excluding hydrogens is 387 g/mol. The van der Waals surface area contributed by atoms with Crippen molar-refractivity contribution in [1.29, 1.82) is 0 Å². The van der Waals surface area contributed by atoms with Crippen LogP contribution < -0.4 is 10.1 Å². The van der Waals surface area contributed by atoms with Gasteiger partial charge in [-0.3, -0.25) is 4.79 Å². The van der Waals surface area contributed by atoms with Gasteiger partial charge < -0.3 is 20.3 Å². The molecule has 0 spiro atoms. The molecule has 0 fully saturated rings. The average Bonchev–Trinajstić information content (AvgIpc) is 2.94. The number of hydrogen-bond donors (Lipinski definition) is 3. The Labute approximate surface area is 163 Å². The first-order valence-corrected chi connectivity index (χ1v) is 8.51. The number of benzene rings is 3. The molecule has 0 saturated heterocycles. The highest BCUT2D eigenvalue weighted by atomic mass is 19.4. The van der Waals surface area contributed by atoms with Gasteiger partial charge in [0.15, 0.2) is 0 Å². The van der Waals surface area contributed by atoms with Crippen LogP contribution in [0, 0.1) is 0 Å². The Morgan fingerprint density at radius 3 is 1.83 bits per heavy atom. The number of rotatable bonds is 3. The van der Waals surface area contributed by atoms with Gasteiger partial charge >= 0.3 is 6.36 Å². The van der Waals surface area contributed by atoms with E-state index in [2.05, 4.69) is 10.1 Å². The standard InChI is InChI=1S/C21H14F3NO4/c22-21(23,24)29-16-9-10-18-17(11-16)20(19(28)25-18,12-1-5-14(26)6-2-12)13-3-7-15(27)8-4-13/h1-11,26-27H,(H,25,28). The zero-order valence-electron chi connectivity index (χ0n) is 14.7. The van der Waals surface area contributed by atoms with Crippen LogP contribution in [0.1, 0.15) is 16.7 Å². The van der Waals surface area contributed by atoms with Crippen LogP contribution in [0.25, 0.3) is 0 Å². The van der Waals surface area contributed by atoms with E-state index in [4.69, 9.17) is 0 Å². The van der Waals surface area contributed by atoms with E-state index in [1.54, 1.807) is 0 Å². The van der Waals surface area contributed by atoms with Gasteiger partial charge in [-0.15, -0.1) is 13.2 Å². The van der Waals surface area contributed by atoms with Crippen molar-refractivity contribution in [3.63, 3.8) is 0 Å². The average molecular weight is 401 g/mol. The highest BCUT2D eigenvalue weighted by molar-refractivity contribution is 6.11. The number of halogens is 3. The fourth-order valence-corrected chi connectivity index (χ4v) is 3.64. The number of anilines is 1. The molecule has 29 heavy (non-hydrogen) atoms. The molecule has 0 aliphatic carbocycles. The summed E-state index contributed by atoms with van der Waals surface area (Å²) in [6.07, 6.45) is -4.88. The van der Waals surface area contributed by atoms with Crippen LogP contribution in [0.4, 0.5) is 18.9 Å². The van der Waals surface area contributed by atoms with Crippen LogP contribution in [0.15, 0.2) is 66.7 Å². The Bertz CT molecular complexity index is 1030. The third kappa shape index (κ3) is 3.12. The summed E-state index contributed by atoms with van der Waals surface area (Å²) < 4.78 is 42.3. The number of phenolic OH excluding ortho intramolecular Hbond substituents is 2. The number of ether oxygens (including phenoxy) is 1. The van der Waals surface area contributed by atoms with Crippen LogP contribution in [-0.2, 0) is 10.2 Å². The lowest BCUT2D eigenvalue weighted by molar-refractivity contribution is -0.274. The fraction of sp³-hybridized carbons (Fsp3) is 0.0952. The van der Waals surface area contributed by atoms with Gasteiger partial charge in [-0.2, -0.15) is 0 Å². The van der Waals surface area contributed by atoms with Crippen LogP contribution in [0.3, 0.4) is 0 Å². The minimum absolute atomic E-state index is 0.0256. The number of fused-ring (bicyclic) bond motifs is 1. The second-order valence-electron chi connectivity index (χ2n) is 6.55. The Morgan fingerprint density at radius 1 is 0.828 bits per heavy atom. The molecule has 1 aliphatic rings. The summed E-state index contributed by atoms with van der Waals surface area (Å²) in [5.41, 5.74) is -0.0316. The molecule has 0 unspecified atom stereocenters. The Kier molecular flexibility index (Phi) is 4.15. The van der Waals surface area contributed by atoms with Crippen LogP contribution in [0.5, 0.6) is 17.2 Å². The Balaban J connectivity index is 1.99. The summed E-state index contributed by atoms with van der Waals surface area (Å²) in [6, 6.07) is 15.3. The molecule has 0 saturated carbocycles. The molecule has 3 N–H and O–H groups in total. The van der Waals surface area contributed by atoms with Crippen molar-refractivity contribution in [2.24, 2.45) is 0 Å². The van der Waals surface area contributed by atoms with E-state index < -0.39 is 23.4 Å². The summed E-state index contributed by atoms with van der Waals surface area (Å²) in [6.45, 7) is 0. The second kappa shape index (κ2) is 6.44. The third-order valence-electron chi connectivity index (χ3n) is 4.82. The van der Waals surface area contributed by atoms with E-state index in [0.717, 1.165) is 6.07 Å². The van der Waals surface area contributed by atoms with Crippen LogP contribution >= 0.6 is 0 Å². The van der Waals surface area contributed by atoms with E-state index in [0.29, 0.717) is 16.8 Å². The summed E-state index contributed by atoms with van der Waals surface area (Å²) >= 11 is 0. The van der Waals surface area contributed by atoms with Crippen molar-refractivity contribution in [2.75, 3.05) is 5.32 Å². The Hall–Kier alpha value is -3.68. The van der Waals surface area contributed by atoms with Crippen LogP contribution in [-0.4, -0.2) is 22.5 Å². The topological polar surface area (TPSA) is 78.8 Å². The number of alkyl halides is 3. The molecule has 8 heteroatoms. The molecule has 0 aromatic heterocycles. The molecule has 0 bridgehead atoms. The smallest absolute Gasteiger partial charge is 0.508 e. The fourth-order valence-electron chi connectivity index (χ4n) is 3.64. The van der Waals surface area contributed by atoms with Crippen LogP contribution in [0.2, 0.25) is 0 Å². The number of amides is 1. The molecule has 1 aliphatic heterocycles. The van der Waals surface area contributed by atoms with E-state index in [1.165, 1.54) is 60.7 Å². The minimum atomic E-state index is -4.88. The highest BCUT2D eigenvalue weighted by Gasteiger charge is 2.50. The van der Waals surface area contributed by atoms with Crippen molar-refractivity contribution in [1.82, 2.24) is 0 Å². The molecule has 148 valence electrons. The Morgan fingerprint density at radius 2 is 1.34 bits per heavy atom. The second-order valence-corrected chi connectivity index (χ2v) is 6.55. The van der Waals surface area contributed by atoms with Crippen molar-refractivity contribution in [3.8, 4) is 17.2 Å². The molecule has 3 aromatic rings. The summed E-state index contributed by atoms with van der Waals surface area (Å²) in [7, 11) is 0. The highest BCUT2D eigenvalue weighted by Crippen LogP contribution is 2.49. The van der Waals surface area contributed by atoms with Gasteiger partial charge in [-0.25, -0.2) is 0 Å². The third-order valence-corrected chi connectivity index (χ3v) is 4.82. The van der Waals surface area contributed by atoms with Gasteiger partial charge in [0.1, 0.15) is 22.7 Å². The maximum atomic E-state index is 13.2. The maximum absolute atomic E-state index is 13.2. The molecule has 1 amide bonds. The zero-order chi connectivity index (χ0) is 20.8. The number of hydrogen-bond acceptors (Lipinski definition) is 4. The summed E-state index contributed by atoms with van der Waals surface area (Å²) in [4.78, 5) is 13.2. The van der Waals surface area contributed by atoms with Gasteiger partial charge in [0.05, 0.1) is 0 Å². The van der Waals surface area contributed by atoms with E-state index in [1.807, 2.05) is 0 Å². The lowest BCUT2D eigenvalue weighted by Crippen LogP contribution is -2.37. The molecular formula is C21H14F3NO4. The molecule has 0 radical (unpaired) electrons. The van der Waals surface area contributed by atoms with Gasteiger partial charge in [-0.1, -0.05) is 24.3 Å². The summed E-state index contributed by atoms with van der Waals surface area (Å²) in [5.74, 6) is -0.993. The van der Waals surface area contributed by atoms with E-state index in [9.17, 15) is 28.2 Å². The van der Waals surface area contributed by atoms with Gasteiger partial charge in [-0.05, 0) is 53.6 Å². The predicted octanol–water partition coefficient (Wildman–Crippen LogP) is 4.28. The number of phenols is 2. The van der Waals surface area contributed by atoms with E-state index in [-0.39, 0.29) is 17.1 Å². The van der Waals surface area contributed by atoms with E-state index >= 15 is 0 Å². The lowest BCUT2D eigenvalue weighted by Gasteiger charge is -2.29. The molecule has 1 heterocycles. The normalized spacial score (nSPS) is 14.9. The van der Waals surface area contributed by atoms with Gasteiger partial charge in [0.25, 0.3) is 0 Å². The number of aromatic hydroxyl groups is 2. The molecule has 0 atom stereocenters. The van der Waals surface area contributed by atoms with Gasteiger partial charge in [0, 0.05) is 11.3 Å². The number of nitrogens with one attached hydrogen (secondary N) is 1. The first-order valence-electron chi connectivity index (χ1n) is 8.51. The maximum Gasteiger partial charge on any atom is 0.573 e. The first kappa shape index (κ1) is 18.7. The SMILES string of the molecule is O=C1Nc2ccc(OC(F)(F)F)cc2C1(c1ccc(O)cc1)c1ccc(O)cc1. The molecule has 5 nitrogen and oxygen atoms in total. The van der Waals surface area contributed by atoms with Crippen molar-refractivity contribution in [3.05, 3.63) is 83.4 Å². The van der Waals surface area contributed by atoms with Gasteiger partial charge in [0.2, 0.25) is 5.91 Å². The van der Waals surface area contributed by atoms with Crippen molar-refractivity contribution < 1.29 is 32.9 Å². The predicted molar refractivity (Wildman–Crippen MR) is 97.9 cm³/mol. The first-order chi connectivity index (χ1) is 13.7. The quantitative estimate of drug-likeness (QED) is 0.612. The number of carbonyl (C=O) groups excluding carboxylic acids is 1. The minimum Gasteiger partial charge on any atom is -0.508 e. The largest absolute Gasteiger partial charge is 0.573 e. The molecule has 4 rings (SSSR count). The zero-order valence-corrected chi connectivity index (χ0v) is 14.7. The lowest BCUT2D eigenvalue weighted by atomic mass is 9.70. The van der Waals surface area contributed by atoms with Crippen molar-refractivity contribution in [2.45, 2.75) is 11.8 Å². The van der Waals surface area contributed by atoms with Crippen molar-refractivity contribution >= 4 is 11.6 Å². The number of carbonyl (C=O) groups is 1. The summed E-state index contributed by atoms with van der Waals surface area (Å²) in [5, 5.41) is 22.0.